The van der Waals surface area contributed by atoms with Crippen molar-refractivity contribution < 1.29 is 4.39 Å². The molecule has 0 saturated heterocycles. The smallest absolute Gasteiger partial charge is 0.123 e. The molecule has 1 N–H and O–H groups in total. The monoisotopic (exact) mass is 271 g/mol. The van der Waals surface area contributed by atoms with Crippen LogP contribution in [0, 0.1) is 5.82 Å². The average molecular weight is 271 g/mol. The van der Waals surface area contributed by atoms with E-state index in [0.717, 1.165) is 36.5 Å². The third-order valence-corrected chi connectivity index (χ3v) is 3.02. The van der Waals surface area contributed by atoms with Crippen LogP contribution in [-0.4, -0.2) is 28.2 Å². The number of hydrogen-bond acceptors (Lipinski definition) is 2. The number of benzene rings is 1. The van der Waals surface area contributed by atoms with E-state index in [1.165, 1.54) is 12.1 Å². The second-order valence-corrected chi connectivity index (χ2v) is 4.55. The molecule has 0 aliphatic heterocycles. The van der Waals surface area contributed by atoms with Gasteiger partial charge in [-0.25, -0.2) is 4.39 Å². The number of hydrogen-bond donors (Lipinski definition) is 1. The van der Waals surface area contributed by atoms with Crippen molar-refractivity contribution in [2.45, 2.75) is 6.54 Å². The molecular formula is C16H18FN3. The zero-order chi connectivity index (χ0) is 14.4. The Morgan fingerprint density at radius 1 is 1.15 bits per heavy atom. The van der Waals surface area contributed by atoms with Crippen molar-refractivity contribution in [2.75, 3.05) is 13.1 Å². The highest BCUT2D eigenvalue weighted by molar-refractivity contribution is 5.62. The Labute approximate surface area is 118 Å². The molecule has 0 bridgehead atoms. The average Bonchev–Trinajstić information content (AvgIpc) is 2.88. The predicted octanol–water partition coefficient (Wildman–Crippen LogP) is 3.39. The van der Waals surface area contributed by atoms with Gasteiger partial charge >= 0.3 is 0 Å². The van der Waals surface area contributed by atoms with E-state index in [2.05, 4.69) is 28.3 Å². The van der Waals surface area contributed by atoms with Gasteiger partial charge in [0.2, 0.25) is 0 Å². The third-order valence-electron chi connectivity index (χ3n) is 3.02. The lowest BCUT2D eigenvalue weighted by Gasteiger charge is -2.18. The molecule has 3 nitrogen and oxygen atoms in total. The highest BCUT2D eigenvalue weighted by Crippen LogP contribution is 2.22. The zero-order valence-corrected chi connectivity index (χ0v) is 11.3. The molecule has 1 heterocycles. The van der Waals surface area contributed by atoms with Crippen LogP contribution >= 0.6 is 0 Å². The van der Waals surface area contributed by atoms with Gasteiger partial charge in [0.25, 0.3) is 0 Å². The van der Waals surface area contributed by atoms with Crippen LogP contribution in [0.5, 0.6) is 0 Å². The lowest BCUT2D eigenvalue weighted by Crippen LogP contribution is -2.23. The van der Waals surface area contributed by atoms with Crippen LogP contribution in [0.15, 0.2) is 55.8 Å². The maximum absolute atomic E-state index is 13.0. The molecule has 0 fully saturated rings. The van der Waals surface area contributed by atoms with Crippen LogP contribution in [0.1, 0.15) is 5.56 Å². The topological polar surface area (TPSA) is 31.9 Å². The van der Waals surface area contributed by atoms with Crippen LogP contribution in [0.2, 0.25) is 0 Å². The lowest BCUT2D eigenvalue weighted by atomic mass is 10.1. The molecule has 2 rings (SSSR count). The van der Waals surface area contributed by atoms with E-state index < -0.39 is 0 Å². The number of H-pyrrole nitrogens is 1. The van der Waals surface area contributed by atoms with Gasteiger partial charge in [-0.2, -0.15) is 5.10 Å². The third kappa shape index (κ3) is 3.42. The molecule has 0 radical (unpaired) electrons. The zero-order valence-electron chi connectivity index (χ0n) is 11.3. The molecule has 0 aliphatic rings. The molecule has 0 saturated carbocycles. The van der Waals surface area contributed by atoms with Crippen molar-refractivity contribution in [2.24, 2.45) is 0 Å². The molecule has 0 atom stereocenters. The molecule has 0 aliphatic carbocycles. The standard InChI is InChI=1S/C16H18FN3/c1-3-9-20(10-4-2)12-14-11-18-19-16(14)13-5-7-15(17)8-6-13/h3-8,11H,1-2,9-10,12H2,(H,18,19). The van der Waals surface area contributed by atoms with Crippen molar-refractivity contribution in [3.05, 3.63) is 67.2 Å². The molecule has 0 unspecified atom stereocenters. The van der Waals surface area contributed by atoms with Gasteiger partial charge in [-0.1, -0.05) is 12.2 Å². The first-order valence-corrected chi connectivity index (χ1v) is 6.47. The van der Waals surface area contributed by atoms with Gasteiger partial charge < -0.3 is 0 Å². The van der Waals surface area contributed by atoms with Gasteiger partial charge in [0.05, 0.1) is 11.9 Å². The normalized spacial score (nSPS) is 10.7. The van der Waals surface area contributed by atoms with Gasteiger partial charge in [0.15, 0.2) is 0 Å². The molecule has 1 aromatic carbocycles. The summed E-state index contributed by atoms with van der Waals surface area (Å²) in [4.78, 5) is 2.19. The van der Waals surface area contributed by atoms with Crippen molar-refractivity contribution in [3.63, 3.8) is 0 Å². The second kappa shape index (κ2) is 6.82. The molecular weight excluding hydrogens is 253 g/mol. The summed E-state index contributed by atoms with van der Waals surface area (Å²) >= 11 is 0. The number of rotatable bonds is 7. The highest BCUT2D eigenvalue weighted by Gasteiger charge is 2.11. The van der Waals surface area contributed by atoms with E-state index in [0.29, 0.717) is 0 Å². The minimum atomic E-state index is -0.241. The maximum Gasteiger partial charge on any atom is 0.123 e. The van der Waals surface area contributed by atoms with E-state index in [1.807, 2.05) is 12.2 Å². The van der Waals surface area contributed by atoms with Crippen LogP contribution in [-0.2, 0) is 6.54 Å². The molecule has 2 aromatic rings. The quantitative estimate of drug-likeness (QED) is 0.783. The van der Waals surface area contributed by atoms with Gasteiger partial charge in [-0.05, 0) is 24.3 Å². The summed E-state index contributed by atoms with van der Waals surface area (Å²) in [6.45, 7) is 9.82. The van der Waals surface area contributed by atoms with E-state index in [1.54, 1.807) is 18.3 Å². The Morgan fingerprint density at radius 3 is 2.40 bits per heavy atom. The lowest BCUT2D eigenvalue weighted by molar-refractivity contribution is 0.328. The Kier molecular flexibility index (Phi) is 4.85. The fourth-order valence-corrected chi connectivity index (χ4v) is 2.11. The molecule has 104 valence electrons. The van der Waals surface area contributed by atoms with Crippen molar-refractivity contribution in [1.29, 1.82) is 0 Å². The van der Waals surface area contributed by atoms with Crippen LogP contribution in [0.4, 0.5) is 4.39 Å². The summed E-state index contributed by atoms with van der Waals surface area (Å²) in [5, 5.41) is 7.08. The first-order valence-electron chi connectivity index (χ1n) is 6.47. The van der Waals surface area contributed by atoms with E-state index in [-0.39, 0.29) is 5.82 Å². The molecule has 0 spiro atoms. The van der Waals surface area contributed by atoms with Gasteiger partial charge in [0.1, 0.15) is 5.82 Å². The minimum Gasteiger partial charge on any atom is -0.292 e. The summed E-state index contributed by atoms with van der Waals surface area (Å²) in [6, 6.07) is 6.39. The molecule has 0 amide bonds. The number of nitrogens with one attached hydrogen (secondary N) is 1. The Hall–Kier alpha value is -2.20. The summed E-state index contributed by atoms with van der Waals surface area (Å²) < 4.78 is 13.0. The molecule has 20 heavy (non-hydrogen) atoms. The molecule has 4 heteroatoms. The number of aromatic amines is 1. The summed E-state index contributed by atoms with van der Waals surface area (Å²) in [5.74, 6) is -0.241. The molecule has 1 aromatic heterocycles. The summed E-state index contributed by atoms with van der Waals surface area (Å²) in [5.41, 5.74) is 2.92. The van der Waals surface area contributed by atoms with Crippen LogP contribution < -0.4 is 0 Å². The SMILES string of the molecule is C=CCN(CC=C)Cc1cn[nH]c1-c1ccc(F)cc1. The Bertz CT molecular complexity index is 562. The fourth-order valence-electron chi connectivity index (χ4n) is 2.11. The van der Waals surface area contributed by atoms with Gasteiger partial charge in [-0.15, -0.1) is 13.2 Å². The van der Waals surface area contributed by atoms with E-state index in [9.17, 15) is 4.39 Å². The van der Waals surface area contributed by atoms with Crippen LogP contribution in [0.3, 0.4) is 0 Å². The maximum atomic E-state index is 13.0. The van der Waals surface area contributed by atoms with Crippen molar-refractivity contribution >= 4 is 0 Å². The van der Waals surface area contributed by atoms with E-state index in [4.69, 9.17) is 0 Å². The highest BCUT2D eigenvalue weighted by atomic mass is 19.1. The van der Waals surface area contributed by atoms with Gasteiger partial charge in [0, 0.05) is 30.8 Å². The Morgan fingerprint density at radius 2 is 1.80 bits per heavy atom. The number of nitrogens with zero attached hydrogens (tertiary/aromatic N) is 2. The summed E-state index contributed by atoms with van der Waals surface area (Å²) in [7, 11) is 0. The first-order chi connectivity index (χ1) is 9.74. The predicted molar refractivity (Wildman–Crippen MR) is 79.7 cm³/mol. The summed E-state index contributed by atoms with van der Waals surface area (Å²) in [6.07, 6.45) is 5.53. The second-order valence-electron chi connectivity index (χ2n) is 4.55. The van der Waals surface area contributed by atoms with Crippen molar-refractivity contribution in [3.8, 4) is 11.3 Å². The Balaban J connectivity index is 2.21. The number of halogens is 1. The van der Waals surface area contributed by atoms with Crippen LogP contribution in [0.25, 0.3) is 11.3 Å². The van der Waals surface area contributed by atoms with Crippen molar-refractivity contribution in [1.82, 2.24) is 15.1 Å². The fraction of sp³-hybridized carbons (Fsp3) is 0.188. The number of aromatic nitrogens is 2. The van der Waals surface area contributed by atoms with E-state index >= 15 is 0 Å². The largest absolute Gasteiger partial charge is 0.292 e. The first kappa shape index (κ1) is 14.2. The van der Waals surface area contributed by atoms with Gasteiger partial charge in [-0.3, -0.25) is 10.00 Å². The minimum absolute atomic E-state index is 0.241.